The van der Waals surface area contributed by atoms with Crippen LogP contribution in [0.2, 0.25) is 0 Å². The average Bonchev–Trinajstić information content (AvgIpc) is 1.60. The van der Waals surface area contributed by atoms with Gasteiger partial charge in [-0.05, 0) is 193 Å². The Kier molecular flexibility index (Phi) is 19.2. The fraction of sp³-hybridized carbons (Fsp3) is 0.217. The van der Waals surface area contributed by atoms with Crippen LogP contribution in [0.4, 0.5) is 11.4 Å². The topological polar surface area (TPSA) is 124 Å². The van der Waals surface area contributed by atoms with Crippen molar-refractivity contribution >= 4 is 99.1 Å². The summed E-state index contributed by atoms with van der Waals surface area (Å²) in [6.45, 7) is 41.0. The molecule has 512 valence electrons. The van der Waals surface area contributed by atoms with Crippen LogP contribution in [-0.2, 0) is 28.2 Å². The molecule has 0 aliphatic heterocycles. The molecule has 0 amide bonds. The second-order valence-electron chi connectivity index (χ2n) is 28.5. The van der Waals surface area contributed by atoms with E-state index in [4.69, 9.17) is 30.8 Å². The molecule has 0 bridgehead atoms. The Morgan fingerprint density at radius 2 is 0.808 bits per heavy atom. The molecule has 0 spiro atoms. The van der Waals surface area contributed by atoms with Gasteiger partial charge in [-0.15, -0.1) is 0 Å². The summed E-state index contributed by atoms with van der Waals surface area (Å²) < 4.78 is 33.1. The van der Waals surface area contributed by atoms with Crippen molar-refractivity contribution in [1.29, 1.82) is 10.5 Å². The maximum atomic E-state index is 9.53. The van der Waals surface area contributed by atoms with Crippen LogP contribution in [0.3, 0.4) is 0 Å². The van der Waals surface area contributed by atoms with Gasteiger partial charge in [0.1, 0.15) is 73.3 Å². The standard InChI is InChI=1S/4C23H21N2O/c1-14(2)16-9-8-11-19-21(16)17-13-15(3)20(22(24-4)23(17)26-19)18-10-6-7-12-25(18)5;1-14(2)17-11-16(24-4)12-22-23(17)19-10-15(3)18(13-21(19)26-22)20-8-6-7-9-25(20)5;1-14(2)22-16(13-24)8-9-20-23(22)18-11-15(3)17(12-21(18)26-20)19-7-5-6-10-25(19)4;1-14(2)17-9-8-16(13-24)23-22(17)19-12-18(15(3)11-21(19)26-23)20-7-5-6-10-25(20)4/h2*6-14H,1-3,5H3;2*5-12,14H,1-4H3/q4*+1. The van der Waals surface area contributed by atoms with Gasteiger partial charge in [0.15, 0.2) is 36.1 Å². The van der Waals surface area contributed by atoms with Crippen molar-refractivity contribution in [3.8, 4) is 57.2 Å². The van der Waals surface area contributed by atoms with E-state index in [9.17, 15) is 10.5 Å². The zero-order valence-corrected chi connectivity index (χ0v) is 62.0. The van der Waals surface area contributed by atoms with Crippen LogP contribution < -0.4 is 18.3 Å². The van der Waals surface area contributed by atoms with Gasteiger partial charge < -0.3 is 17.7 Å². The summed E-state index contributed by atoms with van der Waals surface area (Å²) in [5, 5.41) is 27.8. The SMILES string of the molecule is Cc1cc2c(cc1-c1cccc[n+]1C)oc1ccc(C#N)c(C(C)C)c12.Cc1cc2oc3c(C#N)ccc(C(C)C)c3c2cc1-c1cccc[n+]1C.[C-]#[N+]c1c(-c2cccc[n+]2C)c(C)cc2c1oc1cccc(C(C)C)c12.[C-]#[N+]c1cc(C(C)C)c2c(c1)oc1cc(-c3cccc[n+]3C)c(C)cc12. The molecule has 8 aromatic carbocycles. The normalized spacial score (nSPS) is 11.4. The molecule has 12 heteroatoms. The van der Waals surface area contributed by atoms with Crippen LogP contribution in [0.1, 0.15) is 135 Å². The molecule has 12 nitrogen and oxygen atoms in total. The summed E-state index contributed by atoms with van der Waals surface area (Å²) in [5.41, 5.74) is 27.3. The number of furan rings is 4. The average molecular weight is 1370 g/mol. The fourth-order valence-electron chi connectivity index (χ4n) is 15.0. The molecule has 0 N–H and O–H groups in total. The highest BCUT2D eigenvalue weighted by Gasteiger charge is 2.27. The number of nitriles is 2. The second-order valence-corrected chi connectivity index (χ2v) is 28.5. The smallest absolute Gasteiger partial charge is 0.243 e. The molecule has 0 saturated heterocycles. The third kappa shape index (κ3) is 12.6. The summed E-state index contributed by atoms with van der Waals surface area (Å²) in [7, 11) is 8.16. The molecule has 0 unspecified atom stereocenters. The molecular formula is C92H84N8O4+4. The summed E-state index contributed by atoms with van der Waals surface area (Å²) >= 11 is 0. The van der Waals surface area contributed by atoms with E-state index >= 15 is 0 Å². The molecular weight excluding hydrogens is 1280 g/mol. The van der Waals surface area contributed by atoms with E-state index in [2.05, 4.69) is 230 Å². The van der Waals surface area contributed by atoms with Crippen LogP contribution in [0.25, 0.3) is 142 Å². The lowest BCUT2D eigenvalue weighted by Crippen LogP contribution is -2.30. The minimum atomic E-state index is 0.251. The Morgan fingerprint density at radius 1 is 0.356 bits per heavy atom. The highest BCUT2D eigenvalue weighted by molar-refractivity contribution is 6.15. The van der Waals surface area contributed by atoms with Gasteiger partial charge in [0.05, 0.1) is 47.0 Å². The molecule has 8 heterocycles. The van der Waals surface area contributed by atoms with Crippen LogP contribution >= 0.6 is 0 Å². The first-order valence-electron chi connectivity index (χ1n) is 35.4. The number of pyridine rings is 4. The first-order chi connectivity index (χ1) is 50.0. The van der Waals surface area contributed by atoms with E-state index in [0.29, 0.717) is 45.9 Å². The Hall–Kier alpha value is -12.5. The number of benzene rings is 8. The van der Waals surface area contributed by atoms with E-state index in [0.717, 1.165) is 138 Å². The van der Waals surface area contributed by atoms with Gasteiger partial charge in [-0.2, -0.15) is 10.5 Å². The fourth-order valence-corrected chi connectivity index (χ4v) is 15.0. The zero-order valence-electron chi connectivity index (χ0n) is 62.0. The van der Waals surface area contributed by atoms with Crippen LogP contribution in [0.15, 0.2) is 212 Å². The maximum absolute atomic E-state index is 9.53. The van der Waals surface area contributed by atoms with Crippen LogP contribution in [-0.4, -0.2) is 0 Å². The largest absolute Gasteiger partial charge is 0.467 e. The van der Waals surface area contributed by atoms with Crippen molar-refractivity contribution in [3.63, 3.8) is 0 Å². The van der Waals surface area contributed by atoms with E-state index in [1.165, 1.54) is 33.4 Å². The Balaban J connectivity index is 0.000000123. The number of rotatable bonds is 8. The number of fused-ring (bicyclic) bond motifs is 12. The summed E-state index contributed by atoms with van der Waals surface area (Å²) in [6.07, 6.45) is 8.16. The monoisotopic (exact) mass is 1360 g/mol. The molecule has 0 saturated carbocycles. The second kappa shape index (κ2) is 28.5. The van der Waals surface area contributed by atoms with Crippen molar-refractivity contribution < 1.29 is 35.9 Å². The summed E-state index contributed by atoms with van der Waals surface area (Å²) in [4.78, 5) is 7.50. The Labute approximate surface area is 607 Å². The molecule has 16 rings (SSSR count). The highest BCUT2D eigenvalue weighted by Crippen LogP contribution is 2.47. The predicted octanol–water partition coefficient (Wildman–Crippen LogP) is 22.9. The maximum Gasteiger partial charge on any atom is 0.243 e. The lowest BCUT2D eigenvalue weighted by atomic mass is 9.91. The number of hydrogen-bond donors (Lipinski definition) is 0. The summed E-state index contributed by atoms with van der Waals surface area (Å²) in [5.74, 6) is 1.32. The Morgan fingerprint density at radius 3 is 1.33 bits per heavy atom. The van der Waals surface area contributed by atoms with Crippen molar-refractivity contribution in [1.82, 2.24) is 0 Å². The van der Waals surface area contributed by atoms with Gasteiger partial charge in [0, 0.05) is 97.2 Å². The van der Waals surface area contributed by atoms with Gasteiger partial charge >= 0.3 is 0 Å². The molecule has 0 atom stereocenters. The quantitative estimate of drug-likeness (QED) is 0.110. The van der Waals surface area contributed by atoms with E-state index in [-0.39, 0.29) is 5.92 Å². The van der Waals surface area contributed by atoms with Gasteiger partial charge in [0.25, 0.3) is 0 Å². The minimum Gasteiger partial charge on any atom is -0.467 e. The highest BCUT2D eigenvalue weighted by atomic mass is 16.3. The van der Waals surface area contributed by atoms with Crippen molar-refractivity contribution in [2.45, 2.75) is 107 Å². The molecule has 104 heavy (non-hydrogen) atoms. The Bertz CT molecular complexity index is 6250. The molecule has 16 aromatic rings. The van der Waals surface area contributed by atoms with Gasteiger partial charge in [-0.3, -0.25) is 0 Å². The van der Waals surface area contributed by atoms with Gasteiger partial charge in [-0.25, -0.2) is 28.0 Å². The van der Waals surface area contributed by atoms with E-state index < -0.39 is 0 Å². The van der Waals surface area contributed by atoms with E-state index in [1.54, 1.807) is 0 Å². The molecule has 0 aliphatic carbocycles. The number of aromatic nitrogens is 4. The number of aryl methyl sites for hydroxylation is 8. The molecule has 8 aromatic heterocycles. The number of hydrogen-bond acceptors (Lipinski definition) is 6. The van der Waals surface area contributed by atoms with Crippen molar-refractivity contribution in [2.75, 3.05) is 0 Å². The first kappa shape index (κ1) is 70.0. The third-order valence-corrected chi connectivity index (χ3v) is 20.2. The molecule has 0 radical (unpaired) electrons. The lowest BCUT2D eigenvalue weighted by molar-refractivity contribution is -0.660. The lowest BCUT2D eigenvalue weighted by Gasteiger charge is -2.10. The molecule has 0 fully saturated rings. The number of nitrogens with zero attached hydrogens (tertiary/aromatic N) is 8. The van der Waals surface area contributed by atoms with Crippen molar-refractivity contribution in [2.24, 2.45) is 28.2 Å². The first-order valence-corrected chi connectivity index (χ1v) is 35.4. The summed E-state index contributed by atoms with van der Waals surface area (Å²) in [6, 6.07) is 62.1. The van der Waals surface area contributed by atoms with Crippen molar-refractivity contribution in [3.05, 3.63) is 273 Å². The van der Waals surface area contributed by atoms with Gasteiger partial charge in [-0.1, -0.05) is 79.7 Å². The minimum absolute atomic E-state index is 0.251. The third-order valence-electron chi connectivity index (χ3n) is 20.2. The van der Waals surface area contributed by atoms with Crippen LogP contribution in [0.5, 0.6) is 0 Å². The predicted molar refractivity (Wildman–Crippen MR) is 419 cm³/mol. The van der Waals surface area contributed by atoms with Gasteiger partial charge in [0.2, 0.25) is 28.5 Å². The zero-order chi connectivity index (χ0) is 73.7. The molecule has 0 aliphatic rings. The van der Waals surface area contributed by atoms with Crippen LogP contribution in [0, 0.1) is 63.5 Å². The van der Waals surface area contributed by atoms with E-state index in [1.807, 2.05) is 116 Å².